The van der Waals surface area contributed by atoms with Crippen LogP contribution in [0.2, 0.25) is 10.0 Å². The van der Waals surface area contributed by atoms with Gasteiger partial charge in [-0.2, -0.15) is 0 Å². The third kappa shape index (κ3) is 2.86. The van der Waals surface area contributed by atoms with Crippen LogP contribution in [-0.4, -0.2) is 9.49 Å². The first-order valence-corrected chi connectivity index (χ1v) is 6.62. The van der Waals surface area contributed by atoms with Crippen LogP contribution < -0.4 is 0 Å². The number of rotatable bonds is 3. The van der Waals surface area contributed by atoms with E-state index in [1.165, 1.54) is 6.08 Å². The molecule has 6 heteroatoms. The normalized spacial score (nSPS) is 11.2. The minimum Gasteiger partial charge on any atom is -0.316 e. The fraction of sp³-hybridized carbons (Fsp3) is 0.143. The second kappa shape index (κ2) is 5.69. The fourth-order valence-corrected chi connectivity index (χ4v) is 2.62. The highest BCUT2D eigenvalue weighted by Crippen LogP contribution is 2.29. The van der Waals surface area contributed by atoms with Gasteiger partial charge in [0.1, 0.15) is 0 Å². The van der Waals surface area contributed by atoms with Crippen LogP contribution >= 0.6 is 23.2 Å². The first-order valence-electron chi connectivity index (χ1n) is 5.86. The number of nitro groups is 1. The fourth-order valence-electron chi connectivity index (χ4n) is 2.13. The van der Waals surface area contributed by atoms with Gasteiger partial charge in [0.2, 0.25) is 6.20 Å². The van der Waals surface area contributed by atoms with E-state index < -0.39 is 4.92 Å². The van der Waals surface area contributed by atoms with E-state index in [-0.39, 0.29) is 0 Å². The highest BCUT2D eigenvalue weighted by atomic mass is 35.5. The molecule has 1 aromatic carbocycles. The lowest BCUT2D eigenvalue weighted by Crippen LogP contribution is -2.00. The molecule has 4 nitrogen and oxygen atoms in total. The Morgan fingerprint density at radius 2 is 1.95 bits per heavy atom. The lowest BCUT2D eigenvalue weighted by Gasteiger charge is -2.11. The highest BCUT2D eigenvalue weighted by Gasteiger charge is 2.12. The van der Waals surface area contributed by atoms with Crippen LogP contribution in [0.1, 0.15) is 17.0 Å². The number of aromatic nitrogens is 1. The smallest absolute Gasteiger partial charge is 0.235 e. The molecule has 0 aliphatic rings. The average Bonchev–Trinajstić information content (AvgIpc) is 2.63. The molecular weight excluding hydrogens is 299 g/mol. The Labute approximate surface area is 126 Å². The molecule has 104 valence electrons. The SMILES string of the molecule is Cc1cc(/C=C/[N+](=O)[O-])c(C)n1-c1ccc(Cl)cc1Cl. The zero-order valence-electron chi connectivity index (χ0n) is 10.9. The molecule has 0 atom stereocenters. The van der Waals surface area contributed by atoms with Crippen LogP contribution in [0.15, 0.2) is 30.5 Å². The van der Waals surface area contributed by atoms with Gasteiger partial charge < -0.3 is 4.57 Å². The Balaban J connectivity index is 2.55. The van der Waals surface area contributed by atoms with Crippen molar-refractivity contribution in [3.05, 3.63) is 67.6 Å². The second-order valence-electron chi connectivity index (χ2n) is 4.36. The number of benzene rings is 1. The molecule has 20 heavy (non-hydrogen) atoms. The molecule has 0 aliphatic heterocycles. The lowest BCUT2D eigenvalue weighted by molar-refractivity contribution is -0.400. The maximum absolute atomic E-state index is 10.4. The monoisotopic (exact) mass is 310 g/mol. The molecule has 0 N–H and O–H groups in total. The second-order valence-corrected chi connectivity index (χ2v) is 5.20. The van der Waals surface area contributed by atoms with Gasteiger partial charge in [-0.3, -0.25) is 10.1 Å². The van der Waals surface area contributed by atoms with Gasteiger partial charge in [-0.25, -0.2) is 0 Å². The average molecular weight is 311 g/mol. The summed E-state index contributed by atoms with van der Waals surface area (Å²) in [5.41, 5.74) is 3.40. The van der Waals surface area contributed by atoms with Crippen LogP contribution in [0, 0.1) is 24.0 Å². The van der Waals surface area contributed by atoms with Crippen LogP contribution in [-0.2, 0) is 0 Å². The molecular formula is C14H12Cl2N2O2. The van der Waals surface area contributed by atoms with Crippen molar-refractivity contribution >= 4 is 29.3 Å². The first kappa shape index (κ1) is 14.6. The van der Waals surface area contributed by atoms with E-state index in [0.717, 1.165) is 28.8 Å². The van der Waals surface area contributed by atoms with Crippen molar-refractivity contribution in [3.8, 4) is 5.69 Å². The third-order valence-corrected chi connectivity index (χ3v) is 3.53. The Morgan fingerprint density at radius 3 is 2.55 bits per heavy atom. The molecule has 0 fully saturated rings. The molecule has 0 spiro atoms. The molecule has 1 heterocycles. The summed E-state index contributed by atoms with van der Waals surface area (Å²) in [4.78, 5) is 9.93. The van der Waals surface area contributed by atoms with Crippen LogP contribution in [0.3, 0.4) is 0 Å². The number of halogens is 2. The minimum atomic E-state index is -0.485. The van der Waals surface area contributed by atoms with Crippen molar-refractivity contribution < 1.29 is 4.92 Å². The summed E-state index contributed by atoms with van der Waals surface area (Å²) < 4.78 is 1.94. The molecule has 1 aromatic heterocycles. The van der Waals surface area contributed by atoms with Gasteiger partial charge in [-0.1, -0.05) is 23.2 Å². The Bertz CT molecular complexity index is 705. The van der Waals surface area contributed by atoms with E-state index in [2.05, 4.69) is 0 Å². The summed E-state index contributed by atoms with van der Waals surface area (Å²) in [7, 11) is 0. The summed E-state index contributed by atoms with van der Waals surface area (Å²) in [6.07, 6.45) is 2.40. The predicted molar refractivity (Wildman–Crippen MR) is 81.3 cm³/mol. The molecule has 0 aliphatic carbocycles. The molecule has 0 unspecified atom stereocenters. The zero-order chi connectivity index (χ0) is 14.9. The van der Waals surface area contributed by atoms with Gasteiger partial charge in [0.25, 0.3) is 0 Å². The number of hydrogen-bond acceptors (Lipinski definition) is 2. The molecule has 0 radical (unpaired) electrons. The van der Waals surface area contributed by atoms with E-state index >= 15 is 0 Å². The van der Waals surface area contributed by atoms with Gasteiger partial charge in [0.15, 0.2) is 0 Å². The Kier molecular flexibility index (Phi) is 4.16. The number of nitrogens with zero attached hydrogens (tertiary/aromatic N) is 2. The van der Waals surface area contributed by atoms with Gasteiger partial charge in [-0.05, 0) is 38.1 Å². The maximum Gasteiger partial charge on any atom is 0.235 e. The van der Waals surface area contributed by atoms with E-state index in [4.69, 9.17) is 23.2 Å². The maximum atomic E-state index is 10.4. The first-order chi connectivity index (χ1) is 9.40. The molecule has 2 rings (SSSR count). The van der Waals surface area contributed by atoms with Crippen LogP contribution in [0.5, 0.6) is 0 Å². The third-order valence-electron chi connectivity index (χ3n) is 3.00. The predicted octanol–water partition coefficient (Wildman–Crippen LogP) is 4.65. The van der Waals surface area contributed by atoms with Crippen LogP contribution in [0.4, 0.5) is 0 Å². The lowest BCUT2D eigenvalue weighted by atomic mass is 10.2. The molecule has 0 amide bonds. The highest BCUT2D eigenvalue weighted by molar-refractivity contribution is 6.35. The topological polar surface area (TPSA) is 48.1 Å². The van der Waals surface area contributed by atoms with E-state index in [1.807, 2.05) is 30.5 Å². The Morgan fingerprint density at radius 1 is 1.25 bits per heavy atom. The molecule has 0 saturated carbocycles. The molecule has 0 saturated heterocycles. The van der Waals surface area contributed by atoms with Crippen molar-refractivity contribution in [1.29, 1.82) is 0 Å². The van der Waals surface area contributed by atoms with Crippen molar-refractivity contribution in [2.24, 2.45) is 0 Å². The van der Waals surface area contributed by atoms with Gasteiger partial charge in [0, 0.05) is 28.0 Å². The summed E-state index contributed by atoms with van der Waals surface area (Å²) in [6, 6.07) is 7.13. The van der Waals surface area contributed by atoms with Crippen molar-refractivity contribution in [3.63, 3.8) is 0 Å². The van der Waals surface area contributed by atoms with Crippen LogP contribution in [0.25, 0.3) is 11.8 Å². The van der Waals surface area contributed by atoms with Gasteiger partial charge >= 0.3 is 0 Å². The Hall–Kier alpha value is -1.78. The zero-order valence-corrected chi connectivity index (χ0v) is 12.4. The number of aryl methyl sites for hydroxylation is 1. The van der Waals surface area contributed by atoms with E-state index in [9.17, 15) is 10.1 Å². The van der Waals surface area contributed by atoms with Crippen molar-refractivity contribution in [2.45, 2.75) is 13.8 Å². The summed E-state index contributed by atoms with van der Waals surface area (Å²) in [5, 5.41) is 11.5. The van der Waals surface area contributed by atoms with Crippen molar-refractivity contribution in [2.75, 3.05) is 0 Å². The summed E-state index contributed by atoms with van der Waals surface area (Å²) in [5.74, 6) is 0. The van der Waals surface area contributed by atoms with E-state index in [1.54, 1.807) is 12.1 Å². The summed E-state index contributed by atoms with van der Waals surface area (Å²) >= 11 is 12.1. The minimum absolute atomic E-state index is 0.485. The van der Waals surface area contributed by atoms with E-state index in [0.29, 0.717) is 10.0 Å². The van der Waals surface area contributed by atoms with Gasteiger partial charge in [0.05, 0.1) is 15.6 Å². The number of hydrogen-bond donors (Lipinski definition) is 0. The largest absolute Gasteiger partial charge is 0.316 e. The van der Waals surface area contributed by atoms with Gasteiger partial charge in [-0.15, -0.1) is 0 Å². The molecule has 0 bridgehead atoms. The van der Waals surface area contributed by atoms with Crippen molar-refractivity contribution in [1.82, 2.24) is 4.57 Å². The quantitative estimate of drug-likeness (QED) is 0.612. The standard InChI is InChI=1S/C14H12Cl2N2O2/c1-9-7-11(5-6-17(19)20)10(2)18(9)14-4-3-12(15)8-13(14)16/h3-8H,1-2H3/b6-5+. The molecule has 2 aromatic rings. The summed E-state index contributed by atoms with van der Waals surface area (Å²) in [6.45, 7) is 3.80.